The van der Waals surface area contributed by atoms with Crippen LogP contribution in [0.15, 0.2) is 36.8 Å². The highest BCUT2D eigenvalue weighted by atomic mass is 16.2. The van der Waals surface area contributed by atoms with Gasteiger partial charge in [0.05, 0.1) is 0 Å². The summed E-state index contributed by atoms with van der Waals surface area (Å²) in [5.74, 6) is 0.0514. The van der Waals surface area contributed by atoms with Crippen LogP contribution in [0.25, 0.3) is 5.69 Å². The van der Waals surface area contributed by atoms with E-state index in [0.717, 1.165) is 31.6 Å². The van der Waals surface area contributed by atoms with Crippen LogP contribution in [-0.2, 0) is 0 Å². The summed E-state index contributed by atoms with van der Waals surface area (Å²) >= 11 is 0. The number of likely N-dealkylation sites (tertiary alicyclic amines) is 1. The molecule has 0 aliphatic carbocycles. The Kier molecular flexibility index (Phi) is 3.54. The van der Waals surface area contributed by atoms with Crippen LogP contribution in [0.5, 0.6) is 0 Å². The minimum absolute atomic E-state index is 0.0514. The van der Waals surface area contributed by atoms with Crippen molar-refractivity contribution in [3.63, 3.8) is 0 Å². The smallest absolute Gasteiger partial charge is 0.274 e. The minimum atomic E-state index is 0.0514. The van der Waals surface area contributed by atoms with Crippen LogP contribution in [0.3, 0.4) is 0 Å². The van der Waals surface area contributed by atoms with Gasteiger partial charge in [0.1, 0.15) is 12.0 Å². The van der Waals surface area contributed by atoms with Crippen molar-refractivity contribution in [2.75, 3.05) is 13.1 Å². The molecular formula is C16H19N3O. The number of nitrogens with zero attached hydrogens (tertiary/aromatic N) is 3. The van der Waals surface area contributed by atoms with E-state index in [2.05, 4.69) is 24.0 Å². The first-order valence-corrected chi connectivity index (χ1v) is 7.14. The fraction of sp³-hybridized carbons (Fsp3) is 0.375. The van der Waals surface area contributed by atoms with Gasteiger partial charge in [-0.05, 0) is 38.3 Å². The third-order valence-corrected chi connectivity index (χ3v) is 3.78. The van der Waals surface area contributed by atoms with Crippen molar-refractivity contribution in [1.82, 2.24) is 14.5 Å². The third kappa shape index (κ3) is 2.59. The fourth-order valence-corrected chi connectivity index (χ4v) is 2.55. The molecule has 0 N–H and O–H groups in total. The lowest BCUT2D eigenvalue weighted by atomic mass is 10.1. The number of rotatable bonds is 2. The van der Waals surface area contributed by atoms with Crippen LogP contribution in [-0.4, -0.2) is 33.4 Å². The SMILES string of the molecule is Cc1ccc(-n2cnc(C(=O)N3CCCCC3)c2)cc1. The Morgan fingerprint density at radius 3 is 2.50 bits per heavy atom. The maximum atomic E-state index is 12.3. The van der Waals surface area contributed by atoms with Crippen molar-refractivity contribution < 1.29 is 4.79 Å². The maximum absolute atomic E-state index is 12.3. The Hall–Kier alpha value is -2.10. The third-order valence-electron chi connectivity index (χ3n) is 3.78. The van der Waals surface area contributed by atoms with Crippen molar-refractivity contribution in [2.45, 2.75) is 26.2 Å². The van der Waals surface area contributed by atoms with Gasteiger partial charge in [-0.15, -0.1) is 0 Å². The molecule has 1 fully saturated rings. The van der Waals surface area contributed by atoms with E-state index >= 15 is 0 Å². The summed E-state index contributed by atoms with van der Waals surface area (Å²) in [4.78, 5) is 18.5. The van der Waals surface area contributed by atoms with E-state index in [1.807, 2.05) is 27.8 Å². The molecule has 4 nitrogen and oxygen atoms in total. The average molecular weight is 269 g/mol. The van der Waals surface area contributed by atoms with Gasteiger partial charge in [0.2, 0.25) is 0 Å². The molecule has 0 atom stereocenters. The van der Waals surface area contributed by atoms with Crippen molar-refractivity contribution in [2.24, 2.45) is 0 Å². The number of carbonyl (C=O) groups excluding carboxylic acids is 1. The van der Waals surface area contributed by atoms with Crippen LogP contribution in [0, 0.1) is 6.92 Å². The maximum Gasteiger partial charge on any atom is 0.274 e. The molecule has 2 aromatic rings. The Bertz CT molecular complexity index is 594. The molecule has 104 valence electrons. The number of carbonyl (C=O) groups is 1. The van der Waals surface area contributed by atoms with Crippen LogP contribution in [0.4, 0.5) is 0 Å². The quantitative estimate of drug-likeness (QED) is 0.840. The van der Waals surface area contributed by atoms with Gasteiger partial charge in [-0.25, -0.2) is 4.98 Å². The van der Waals surface area contributed by atoms with Crippen molar-refractivity contribution >= 4 is 5.91 Å². The molecule has 0 radical (unpaired) electrons. The Morgan fingerprint density at radius 1 is 1.10 bits per heavy atom. The molecule has 0 spiro atoms. The highest BCUT2D eigenvalue weighted by Gasteiger charge is 2.20. The lowest BCUT2D eigenvalue weighted by Crippen LogP contribution is -2.35. The first-order chi connectivity index (χ1) is 9.74. The van der Waals surface area contributed by atoms with Gasteiger partial charge in [-0.2, -0.15) is 0 Å². The second-order valence-electron chi connectivity index (χ2n) is 5.35. The highest BCUT2D eigenvalue weighted by molar-refractivity contribution is 5.92. The predicted octanol–water partition coefficient (Wildman–Crippen LogP) is 2.81. The number of hydrogen-bond donors (Lipinski definition) is 0. The van der Waals surface area contributed by atoms with Gasteiger partial charge in [0.15, 0.2) is 0 Å². The molecule has 2 heterocycles. The molecule has 0 saturated carbocycles. The lowest BCUT2D eigenvalue weighted by Gasteiger charge is -2.25. The number of benzene rings is 1. The number of imidazole rings is 1. The van der Waals surface area contributed by atoms with Gasteiger partial charge in [0, 0.05) is 25.0 Å². The van der Waals surface area contributed by atoms with E-state index in [9.17, 15) is 4.79 Å². The summed E-state index contributed by atoms with van der Waals surface area (Å²) in [5, 5.41) is 0. The standard InChI is InChI=1S/C16H19N3O/c1-13-5-7-14(8-6-13)19-11-15(17-12-19)16(20)18-9-3-2-4-10-18/h5-8,11-12H,2-4,9-10H2,1H3. The van der Waals surface area contributed by atoms with Crippen LogP contribution < -0.4 is 0 Å². The Balaban J connectivity index is 1.79. The first kappa shape index (κ1) is 12.9. The summed E-state index contributed by atoms with van der Waals surface area (Å²) in [6, 6.07) is 8.18. The van der Waals surface area contributed by atoms with Crippen LogP contribution >= 0.6 is 0 Å². The first-order valence-electron chi connectivity index (χ1n) is 7.14. The zero-order valence-electron chi connectivity index (χ0n) is 11.7. The molecule has 0 unspecified atom stereocenters. The molecule has 1 saturated heterocycles. The Morgan fingerprint density at radius 2 is 1.80 bits per heavy atom. The minimum Gasteiger partial charge on any atom is -0.337 e. The lowest BCUT2D eigenvalue weighted by molar-refractivity contribution is 0.0719. The second kappa shape index (κ2) is 5.49. The Labute approximate surface area is 119 Å². The van der Waals surface area contributed by atoms with Gasteiger partial charge in [0.25, 0.3) is 5.91 Å². The number of aromatic nitrogens is 2. The molecule has 1 amide bonds. The molecule has 3 rings (SSSR count). The molecule has 0 bridgehead atoms. The average Bonchev–Trinajstić information content (AvgIpc) is 2.98. The van der Waals surface area contributed by atoms with Crippen LogP contribution in [0.2, 0.25) is 0 Å². The molecule has 4 heteroatoms. The van der Waals surface area contributed by atoms with Crippen molar-refractivity contribution in [3.05, 3.63) is 48.0 Å². The molecule has 1 aromatic heterocycles. The number of amides is 1. The van der Waals surface area contributed by atoms with Gasteiger partial charge in [-0.1, -0.05) is 17.7 Å². The second-order valence-corrected chi connectivity index (χ2v) is 5.35. The molecule has 1 aliphatic rings. The summed E-state index contributed by atoms with van der Waals surface area (Å²) in [7, 11) is 0. The normalized spacial score (nSPS) is 15.3. The van der Waals surface area contributed by atoms with E-state index in [0.29, 0.717) is 5.69 Å². The van der Waals surface area contributed by atoms with Crippen LogP contribution in [0.1, 0.15) is 35.3 Å². The topological polar surface area (TPSA) is 38.1 Å². The molecule has 1 aliphatic heterocycles. The number of aryl methyl sites for hydroxylation is 1. The molecule has 1 aromatic carbocycles. The van der Waals surface area contributed by atoms with Gasteiger partial charge >= 0.3 is 0 Å². The monoisotopic (exact) mass is 269 g/mol. The zero-order chi connectivity index (χ0) is 13.9. The largest absolute Gasteiger partial charge is 0.337 e. The highest BCUT2D eigenvalue weighted by Crippen LogP contribution is 2.14. The van der Waals surface area contributed by atoms with E-state index < -0.39 is 0 Å². The van der Waals surface area contributed by atoms with E-state index in [4.69, 9.17) is 0 Å². The number of piperidine rings is 1. The molecule has 20 heavy (non-hydrogen) atoms. The summed E-state index contributed by atoms with van der Waals surface area (Å²) in [5.41, 5.74) is 2.78. The number of hydrogen-bond acceptors (Lipinski definition) is 2. The van der Waals surface area contributed by atoms with E-state index in [1.54, 1.807) is 6.33 Å². The van der Waals surface area contributed by atoms with Crippen molar-refractivity contribution in [3.8, 4) is 5.69 Å². The van der Waals surface area contributed by atoms with Gasteiger partial charge in [-0.3, -0.25) is 4.79 Å². The molecular weight excluding hydrogens is 250 g/mol. The summed E-state index contributed by atoms with van der Waals surface area (Å²) < 4.78 is 1.90. The predicted molar refractivity (Wildman–Crippen MR) is 78.1 cm³/mol. The van der Waals surface area contributed by atoms with Crippen molar-refractivity contribution in [1.29, 1.82) is 0 Å². The zero-order valence-corrected chi connectivity index (χ0v) is 11.7. The van der Waals surface area contributed by atoms with E-state index in [-0.39, 0.29) is 5.91 Å². The summed E-state index contributed by atoms with van der Waals surface area (Å²) in [6.45, 7) is 3.77. The fourth-order valence-electron chi connectivity index (χ4n) is 2.55. The van der Waals surface area contributed by atoms with E-state index in [1.165, 1.54) is 12.0 Å². The van der Waals surface area contributed by atoms with Gasteiger partial charge < -0.3 is 9.47 Å². The summed E-state index contributed by atoms with van der Waals surface area (Å²) in [6.07, 6.45) is 6.96.